The van der Waals surface area contributed by atoms with E-state index in [1.807, 2.05) is 13.0 Å². The molecular formula is C17H15ClF3N3O. The molecule has 4 nitrogen and oxygen atoms in total. The molecule has 3 rings (SSSR count). The molecule has 3 aromatic rings. The second kappa shape index (κ2) is 6.24. The van der Waals surface area contributed by atoms with E-state index in [4.69, 9.17) is 22.1 Å². The highest BCUT2D eigenvalue weighted by Gasteiger charge is 2.32. The molecule has 0 fully saturated rings. The maximum atomic E-state index is 13.1. The number of aryl methyl sites for hydroxylation is 1. The number of imidazole rings is 1. The summed E-state index contributed by atoms with van der Waals surface area (Å²) in [5.74, 6) is 0.708. The van der Waals surface area contributed by atoms with Gasteiger partial charge in [-0.15, -0.1) is 0 Å². The molecule has 0 spiro atoms. The van der Waals surface area contributed by atoms with Crippen LogP contribution in [0.3, 0.4) is 0 Å². The van der Waals surface area contributed by atoms with Crippen LogP contribution in [0.4, 0.5) is 13.2 Å². The van der Waals surface area contributed by atoms with E-state index in [9.17, 15) is 13.2 Å². The van der Waals surface area contributed by atoms with E-state index in [1.54, 1.807) is 19.2 Å². The number of methoxy groups -OCH3 is 1. The van der Waals surface area contributed by atoms with Gasteiger partial charge in [0, 0.05) is 18.3 Å². The Hall–Kier alpha value is -2.25. The van der Waals surface area contributed by atoms with Crippen molar-refractivity contribution in [1.29, 1.82) is 0 Å². The lowest BCUT2D eigenvalue weighted by Crippen LogP contribution is -2.09. The average molecular weight is 370 g/mol. The van der Waals surface area contributed by atoms with E-state index < -0.39 is 11.7 Å². The van der Waals surface area contributed by atoms with Gasteiger partial charge >= 0.3 is 6.18 Å². The van der Waals surface area contributed by atoms with Crippen molar-refractivity contribution in [2.24, 2.45) is 5.73 Å². The van der Waals surface area contributed by atoms with Gasteiger partial charge in [0.25, 0.3) is 0 Å². The van der Waals surface area contributed by atoms with Crippen molar-refractivity contribution >= 4 is 17.2 Å². The highest BCUT2D eigenvalue weighted by molar-refractivity contribution is 6.33. The summed E-state index contributed by atoms with van der Waals surface area (Å²) >= 11 is 6.03. The number of hydrogen-bond acceptors (Lipinski definition) is 3. The maximum absolute atomic E-state index is 13.1. The molecule has 0 radical (unpaired) electrons. The fraction of sp³-hybridized carbons (Fsp3) is 0.235. The minimum Gasteiger partial charge on any atom is -0.496 e. The lowest BCUT2D eigenvalue weighted by atomic mass is 10.1. The van der Waals surface area contributed by atoms with Crippen molar-refractivity contribution in [2.45, 2.75) is 19.6 Å². The fourth-order valence-corrected chi connectivity index (χ4v) is 3.01. The third-order valence-corrected chi connectivity index (χ3v) is 4.24. The minimum atomic E-state index is -4.51. The SMILES string of the molecule is COc1ccc(-c2nc3c(Cl)cc(C(F)(F)F)cn3c2CN)cc1C. The van der Waals surface area contributed by atoms with Crippen molar-refractivity contribution < 1.29 is 17.9 Å². The van der Waals surface area contributed by atoms with Crippen LogP contribution in [0.25, 0.3) is 16.9 Å². The van der Waals surface area contributed by atoms with Crippen molar-refractivity contribution in [3.05, 3.63) is 52.3 Å². The van der Waals surface area contributed by atoms with Crippen LogP contribution in [0.15, 0.2) is 30.5 Å². The van der Waals surface area contributed by atoms with Crippen LogP contribution in [0.5, 0.6) is 5.75 Å². The Bertz CT molecular complexity index is 950. The summed E-state index contributed by atoms with van der Waals surface area (Å²) in [4.78, 5) is 4.42. The Morgan fingerprint density at radius 3 is 2.56 bits per heavy atom. The molecule has 0 bridgehead atoms. The number of ether oxygens (including phenoxy) is 1. The predicted molar refractivity (Wildman–Crippen MR) is 89.8 cm³/mol. The van der Waals surface area contributed by atoms with Crippen LogP contribution in [-0.4, -0.2) is 16.5 Å². The van der Waals surface area contributed by atoms with E-state index in [-0.39, 0.29) is 17.2 Å². The molecule has 0 saturated heterocycles. The molecular weight excluding hydrogens is 355 g/mol. The summed E-state index contributed by atoms with van der Waals surface area (Å²) in [5, 5.41) is -0.0824. The second-order valence-electron chi connectivity index (χ2n) is 5.56. The Morgan fingerprint density at radius 2 is 2.00 bits per heavy atom. The van der Waals surface area contributed by atoms with Crippen molar-refractivity contribution in [3.8, 4) is 17.0 Å². The maximum Gasteiger partial charge on any atom is 0.417 e. The first-order valence-electron chi connectivity index (χ1n) is 7.39. The Morgan fingerprint density at radius 1 is 1.28 bits per heavy atom. The summed E-state index contributed by atoms with van der Waals surface area (Å²) in [6.07, 6.45) is -3.54. The third-order valence-electron chi connectivity index (χ3n) is 3.96. The standard InChI is InChI=1S/C17H15ClF3N3O/c1-9-5-10(3-4-14(9)25-2)15-13(7-22)24-8-11(17(19,20)21)6-12(18)16(24)23-15/h3-6,8H,7,22H2,1-2H3. The molecule has 0 aliphatic rings. The number of hydrogen-bond donors (Lipinski definition) is 1. The number of halogens is 4. The first-order valence-corrected chi connectivity index (χ1v) is 7.76. The zero-order chi connectivity index (χ0) is 18.4. The number of aromatic nitrogens is 2. The van der Waals surface area contributed by atoms with Crippen LogP contribution in [0.1, 0.15) is 16.8 Å². The van der Waals surface area contributed by atoms with Gasteiger partial charge in [0.15, 0.2) is 5.65 Å². The highest BCUT2D eigenvalue weighted by Crippen LogP contribution is 2.35. The van der Waals surface area contributed by atoms with Crippen LogP contribution in [-0.2, 0) is 12.7 Å². The quantitative estimate of drug-likeness (QED) is 0.742. The first kappa shape index (κ1) is 17.6. The Kier molecular flexibility index (Phi) is 4.38. The smallest absolute Gasteiger partial charge is 0.417 e. The Balaban J connectivity index is 2.26. The summed E-state index contributed by atoms with van der Waals surface area (Å²) in [5.41, 5.74) is 7.73. The first-order chi connectivity index (χ1) is 11.8. The van der Waals surface area contributed by atoms with Crippen molar-refractivity contribution in [2.75, 3.05) is 7.11 Å². The third kappa shape index (κ3) is 3.05. The average Bonchev–Trinajstić information content (AvgIpc) is 2.93. The molecule has 2 aromatic heterocycles. The van der Waals surface area contributed by atoms with Gasteiger partial charge in [-0.2, -0.15) is 13.2 Å². The summed E-state index contributed by atoms with van der Waals surface area (Å²) in [7, 11) is 1.57. The normalized spacial score (nSPS) is 12.0. The molecule has 0 unspecified atom stereocenters. The molecule has 1 aromatic carbocycles. The molecule has 25 heavy (non-hydrogen) atoms. The summed E-state index contributed by atoms with van der Waals surface area (Å²) in [6.45, 7) is 1.88. The molecule has 0 saturated carbocycles. The monoisotopic (exact) mass is 369 g/mol. The van der Waals surface area contributed by atoms with E-state index in [1.165, 1.54) is 4.40 Å². The number of pyridine rings is 1. The van der Waals surface area contributed by atoms with Gasteiger partial charge in [0.1, 0.15) is 5.75 Å². The van der Waals surface area contributed by atoms with Crippen LogP contribution < -0.4 is 10.5 Å². The van der Waals surface area contributed by atoms with Crippen LogP contribution in [0, 0.1) is 6.92 Å². The van der Waals surface area contributed by atoms with E-state index in [0.717, 1.165) is 23.4 Å². The number of alkyl halides is 3. The molecule has 0 atom stereocenters. The molecule has 0 aliphatic heterocycles. The van der Waals surface area contributed by atoms with Gasteiger partial charge in [0.2, 0.25) is 0 Å². The fourth-order valence-electron chi connectivity index (χ4n) is 2.76. The molecule has 2 N–H and O–H groups in total. The predicted octanol–water partition coefficient (Wildman–Crippen LogP) is 4.45. The van der Waals surface area contributed by atoms with Crippen LogP contribution in [0.2, 0.25) is 5.02 Å². The molecule has 132 valence electrons. The molecule has 0 aliphatic carbocycles. The number of nitrogens with zero attached hydrogens (tertiary/aromatic N) is 2. The Labute approximate surface area is 147 Å². The van der Waals surface area contributed by atoms with Gasteiger partial charge in [0.05, 0.1) is 29.1 Å². The van der Waals surface area contributed by atoms with Gasteiger partial charge in [-0.1, -0.05) is 11.6 Å². The lowest BCUT2D eigenvalue weighted by molar-refractivity contribution is -0.137. The van der Waals surface area contributed by atoms with Crippen molar-refractivity contribution in [3.63, 3.8) is 0 Å². The van der Waals surface area contributed by atoms with Crippen molar-refractivity contribution in [1.82, 2.24) is 9.38 Å². The van der Waals surface area contributed by atoms with Gasteiger partial charge in [-0.05, 0) is 36.8 Å². The number of nitrogens with two attached hydrogens (primary N) is 1. The van der Waals surface area contributed by atoms with E-state index in [0.29, 0.717) is 17.1 Å². The summed E-state index contributed by atoms with van der Waals surface area (Å²) in [6, 6.07) is 6.27. The number of rotatable bonds is 3. The number of fused-ring (bicyclic) bond motifs is 1. The highest BCUT2D eigenvalue weighted by atomic mass is 35.5. The van der Waals surface area contributed by atoms with Gasteiger partial charge < -0.3 is 14.9 Å². The largest absolute Gasteiger partial charge is 0.496 e. The molecule has 2 heterocycles. The zero-order valence-corrected chi connectivity index (χ0v) is 14.2. The zero-order valence-electron chi connectivity index (χ0n) is 13.5. The second-order valence-corrected chi connectivity index (χ2v) is 5.97. The van der Waals surface area contributed by atoms with Gasteiger partial charge in [-0.3, -0.25) is 0 Å². The summed E-state index contributed by atoms with van der Waals surface area (Å²) < 4.78 is 45.7. The number of benzene rings is 1. The minimum absolute atomic E-state index is 0.0131. The van der Waals surface area contributed by atoms with Crippen LogP contribution >= 0.6 is 11.6 Å². The lowest BCUT2D eigenvalue weighted by Gasteiger charge is -2.09. The van der Waals surface area contributed by atoms with E-state index >= 15 is 0 Å². The van der Waals surface area contributed by atoms with Gasteiger partial charge in [-0.25, -0.2) is 4.98 Å². The van der Waals surface area contributed by atoms with E-state index in [2.05, 4.69) is 4.98 Å². The molecule has 8 heteroatoms. The molecule has 0 amide bonds. The topological polar surface area (TPSA) is 52.5 Å².